The molecule has 0 unspecified atom stereocenters. The third-order valence-electron chi connectivity index (χ3n) is 5.29. The number of benzene rings is 2. The second kappa shape index (κ2) is 7.40. The summed E-state index contributed by atoms with van der Waals surface area (Å²) in [6.45, 7) is 2.50. The number of aryl methyl sites for hydroxylation is 1. The molecule has 1 saturated heterocycles. The molecule has 3 aromatic rings. The van der Waals surface area contributed by atoms with Gasteiger partial charge in [-0.3, -0.25) is 14.4 Å². The Morgan fingerprint density at radius 1 is 1.22 bits per heavy atom. The molecule has 2 aromatic carbocycles. The standard InChI is InChI=1S/C21H24N4O2/c1-24-13-16(12-22-24)21(27)23-17-8-10-25(11-9-17)14-19-18-5-3-2-4-15(18)6-7-20(19)26/h2-7,12-13,17,26H,8-11,14H2,1H3,(H,23,27). The van der Waals surface area contributed by atoms with E-state index in [2.05, 4.69) is 27.4 Å². The van der Waals surface area contributed by atoms with Crippen LogP contribution >= 0.6 is 0 Å². The van der Waals surface area contributed by atoms with Crippen LogP contribution in [0.5, 0.6) is 5.75 Å². The summed E-state index contributed by atoms with van der Waals surface area (Å²) in [5, 5.41) is 19.7. The van der Waals surface area contributed by atoms with Gasteiger partial charge in [0, 0.05) is 44.5 Å². The van der Waals surface area contributed by atoms with Crippen LogP contribution in [0, 0.1) is 0 Å². The maximum Gasteiger partial charge on any atom is 0.254 e. The topological polar surface area (TPSA) is 70.4 Å². The van der Waals surface area contributed by atoms with Gasteiger partial charge < -0.3 is 10.4 Å². The number of fused-ring (bicyclic) bond motifs is 1. The largest absolute Gasteiger partial charge is 0.508 e. The smallest absolute Gasteiger partial charge is 0.254 e. The minimum atomic E-state index is -0.0618. The molecule has 140 valence electrons. The van der Waals surface area contributed by atoms with Crippen LogP contribution in [0.2, 0.25) is 0 Å². The van der Waals surface area contributed by atoms with Gasteiger partial charge in [-0.15, -0.1) is 0 Å². The third kappa shape index (κ3) is 3.80. The predicted octanol–water partition coefficient (Wildman–Crippen LogP) is 2.67. The summed E-state index contributed by atoms with van der Waals surface area (Å²) in [6, 6.07) is 12.1. The number of phenolic OH excluding ortho intramolecular Hbond substituents is 1. The highest BCUT2D eigenvalue weighted by Gasteiger charge is 2.22. The summed E-state index contributed by atoms with van der Waals surface area (Å²) in [5.74, 6) is 0.286. The quantitative estimate of drug-likeness (QED) is 0.747. The molecule has 27 heavy (non-hydrogen) atoms. The molecular weight excluding hydrogens is 340 g/mol. The Labute approximate surface area is 158 Å². The average molecular weight is 364 g/mol. The molecule has 1 aliphatic heterocycles. The van der Waals surface area contributed by atoms with E-state index in [1.165, 1.54) is 0 Å². The van der Waals surface area contributed by atoms with Crippen molar-refractivity contribution in [2.75, 3.05) is 13.1 Å². The Balaban J connectivity index is 1.37. The van der Waals surface area contributed by atoms with Gasteiger partial charge in [0.1, 0.15) is 5.75 Å². The van der Waals surface area contributed by atoms with E-state index >= 15 is 0 Å². The lowest BCUT2D eigenvalue weighted by molar-refractivity contribution is 0.0909. The first-order chi connectivity index (χ1) is 13.1. The van der Waals surface area contributed by atoms with E-state index in [0.29, 0.717) is 11.3 Å². The molecular formula is C21H24N4O2. The van der Waals surface area contributed by atoms with Crippen LogP contribution in [-0.2, 0) is 13.6 Å². The first-order valence-electron chi connectivity index (χ1n) is 9.31. The molecule has 1 amide bonds. The lowest BCUT2D eigenvalue weighted by atomic mass is 10.0. The molecule has 0 bridgehead atoms. The SMILES string of the molecule is Cn1cc(C(=O)NC2CCN(Cc3c(O)ccc4ccccc34)CC2)cn1. The minimum Gasteiger partial charge on any atom is -0.508 e. The van der Waals surface area contributed by atoms with Crippen molar-refractivity contribution in [1.82, 2.24) is 20.0 Å². The first-order valence-corrected chi connectivity index (χ1v) is 9.31. The van der Waals surface area contributed by atoms with Crippen molar-refractivity contribution in [1.29, 1.82) is 0 Å². The predicted molar refractivity (Wildman–Crippen MR) is 105 cm³/mol. The van der Waals surface area contributed by atoms with Crippen LogP contribution in [0.3, 0.4) is 0 Å². The van der Waals surface area contributed by atoms with E-state index in [1.54, 1.807) is 30.2 Å². The van der Waals surface area contributed by atoms with Crippen LogP contribution in [0.1, 0.15) is 28.8 Å². The van der Waals surface area contributed by atoms with E-state index in [4.69, 9.17) is 0 Å². The zero-order chi connectivity index (χ0) is 18.8. The van der Waals surface area contributed by atoms with Gasteiger partial charge in [0.05, 0.1) is 11.8 Å². The number of aromatic nitrogens is 2. The monoisotopic (exact) mass is 364 g/mol. The minimum absolute atomic E-state index is 0.0618. The van der Waals surface area contributed by atoms with Gasteiger partial charge in [0.15, 0.2) is 0 Å². The number of piperidine rings is 1. The molecule has 0 atom stereocenters. The van der Waals surface area contributed by atoms with E-state index in [0.717, 1.165) is 48.8 Å². The zero-order valence-corrected chi connectivity index (χ0v) is 15.4. The summed E-state index contributed by atoms with van der Waals surface area (Å²) < 4.78 is 1.63. The molecule has 0 radical (unpaired) electrons. The highest BCUT2D eigenvalue weighted by atomic mass is 16.3. The van der Waals surface area contributed by atoms with Crippen molar-refractivity contribution in [3.63, 3.8) is 0 Å². The van der Waals surface area contributed by atoms with Crippen LogP contribution in [0.4, 0.5) is 0 Å². The normalized spacial score (nSPS) is 15.9. The molecule has 0 saturated carbocycles. The number of phenols is 1. The van der Waals surface area contributed by atoms with Crippen LogP contribution in [-0.4, -0.2) is 44.8 Å². The van der Waals surface area contributed by atoms with E-state index in [1.807, 2.05) is 18.2 Å². The maximum absolute atomic E-state index is 12.3. The molecule has 2 heterocycles. The number of carbonyl (C=O) groups excluding carboxylic acids is 1. The highest BCUT2D eigenvalue weighted by molar-refractivity contribution is 5.93. The van der Waals surface area contributed by atoms with Crippen molar-refractivity contribution in [3.05, 3.63) is 59.9 Å². The number of likely N-dealkylation sites (tertiary alicyclic amines) is 1. The fraction of sp³-hybridized carbons (Fsp3) is 0.333. The molecule has 4 rings (SSSR count). The summed E-state index contributed by atoms with van der Waals surface area (Å²) in [7, 11) is 1.80. The highest BCUT2D eigenvalue weighted by Crippen LogP contribution is 2.29. The van der Waals surface area contributed by atoms with E-state index < -0.39 is 0 Å². The molecule has 1 fully saturated rings. The van der Waals surface area contributed by atoms with Crippen molar-refractivity contribution in [2.45, 2.75) is 25.4 Å². The number of aromatic hydroxyl groups is 1. The summed E-state index contributed by atoms with van der Waals surface area (Å²) in [5.41, 5.74) is 1.58. The van der Waals surface area contributed by atoms with Crippen molar-refractivity contribution in [2.24, 2.45) is 7.05 Å². The lowest BCUT2D eigenvalue weighted by Gasteiger charge is -2.32. The molecule has 6 nitrogen and oxygen atoms in total. The number of amides is 1. The van der Waals surface area contributed by atoms with Crippen LogP contribution < -0.4 is 5.32 Å². The van der Waals surface area contributed by atoms with Gasteiger partial charge in [0.2, 0.25) is 0 Å². The van der Waals surface area contributed by atoms with Gasteiger partial charge in [-0.1, -0.05) is 30.3 Å². The van der Waals surface area contributed by atoms with Crippen molar-refractivity contribution < 1.29 is 9.90 Å². The second-order valence-corrected chi connectivity index (χ2v) is 7.21. The zero-order valence-electron chi connectivity index (χ0n) is 15.4. The Bertz CT molecular complexity index is 958. The summed E-state index contributed by atoms with van der Waals surface area (Å²) in [6.07, 6.45) is 5.12. The number of carbonyl (C=O) groups is 1. The number of hydrogen-bond donors (Lipinski definition) is 2. The van der Waals surface area contributed by atoms with Gasteiger partial charge in [0.25, 0.3) is 5.91 Å². The van der Waals surface area contributed by atoms with Crippen molar-refractivity contribution in [3.8, 4) is 5.75 Å². The van der Waals surface area contributed by atoms with Gasteiger partial charge in [-0.05, 0) is 29.7 Å². The molecule has 0 aliphatic carbocycles. The molecule has 0 spiro atoms. The fourth-order valence-electron chi connectivity index (χ4n) is 3.76. The van der Waals surface area contributed by atoms with Gasteiger partial charge in [-0.2, -0.15) is 5.10 Å². The second-order valence-electron chi connectivity index (χ2n) is 7.21. The molecule has 1 aromatic heterocycles. The van der Waals surface area contributed by atoms with E-state index in [-0.39, 0.29) is 11.9 Å². The first kappa shape index (κ1) is 17.5. The Hall–Kier alpha value is -2.86. The Kier molecular flexibility index (Phi) is 4.81. The lowest BCUT2D eigenvalue weighted by Crippen LogP contribution is -2.44. The van der Waals surface area contributed by atoms with E-state index in [9.17, 15) is 9.90 Å². The molecule has 6 heteroatoms. The number of hydrogen-bond acceptors (Lipinski definition) is 4. The van der Waals surface area contributed by atoms with Gasteiger partial charge >= 0.3 is 0 Å². The van der Waals surface area contributed by atoms with Crippen LogP contribution in [0.15, 0.2) is 48.8 Å². The average Bonchev–Trinajstić information content (AvgIpc) is 3.12. The maximum atomic E-state index is 12.3. The fourth-order valence-corrected chi connectivity index (χ4v) is 3.76. The van der Waals surface area contributed by atoms with Gasteiger partial charge in [-0.25, -0.2) is 0 Å². The van der Waals surface area contributed by atoms with Crippen molar-refractivity contribution >= 4 is 16.7 Å². The number of nitrogens with one attached hydrogen (secondary N) is 1. The summed E-state index contributed by atoms with van der Waals surface area (Å²) in [4.78, 5) is 14.6. The molecule has 1 aliphatic rings. The number of nitrogens with zero attached hydrogens (tertiary/aromatic N) is 3. The summed E-state index contributed by atoms with van der Waals surface area (Å²) >= 11 is 0. The Morgan fingerprint density at radius 2 is 2.00 bits per heavy atom. The number of rotatable bonds is 4. The molecule has 2 N–H and O–H groups in total. The van der Waals surface area contributed by atoms with Crippen LogP contribution in [0.25, 0.3) is 10.8 Å². The third-order valence-corrected chi connectivity index (χ3v) is 5.29. The Morgan fingerprint density at radius 3 is 2.74 bits per heavy atom.